The van der Waals surface area contributed by atoms with Crippen molar-refractivity contribution in [1.82, 2.24) is 9.78 Å². The van der Waals surface area contributed by atoms with Crippen molar-refractivity contribution in [2.45, 2.75) is 85.1 Å². The molecule has 0 spiro atoms. The molecule has 1 saturated carbocycles. The molecule has 0 radical (unpaired) electrons. The number of benzene rings is 1. The molecule has 10 nitrogen and oxygen atoms in total. The predicted molar refractivity (Wildman–Crippen MR) is 137 cm³/mol. The van der Waals surface area contributed by atoms with E-state index in [1.165, 1.54) is 24.8 Å². The van der Waals surface area contributed by atoms with E-state index in [-0.39, 0.29) is 35.0 Å². The number of nitrogens with two attached hydrogens (primary N) is 1. The molecule has 37 heavy (non-hydrogen) atoms. The van der Waals surface area contributed by atoms with Gasteiger partial charge in [-0.25, -0.2) is 13.1 Å². The Bertz CT molecular complexity index is 1170. The van der Waals surface area contributed by atoms with E-state index < -0.39 is 16.3 Å². The maximum absolute atomic E-state index is 12.1. The number of hydrogen-bond acceptors (Lipinski definition) is 7. The molecule has 1 aliphatic rings. The van der Waals surface area contributed by atoms with Crippen molar-refractivity contribution in [3.63, 3.8) is 0 Å². The molecule has 12 heteroatoms. The third kappa shape index (κ3) is 10.5. The van der Waals surface area contributed by atoms with Gasteiger partial charge in [-0.05, 0) is 61.8 Å². The van der Waals surface area contributed by atoms with Crippen molar-refractivity contribution < 1.29 is 56.7 Å². The summed E-state index contributed by atoms with van der Waals surface area (Å²) in [5, 5.41) is 8.47. The Kier molecular flexibility index (Phi) is 13.0. The first-order valence-corrected chi connectivity index (χ1v) is 13.5. The Morgan fingerprint density at radius 3 is 2.41 bits per heavy atom. The van der Waals surface area contributed by atoms with Gasteiger partial charge in [0.05, 0.1) is 16.9 Å². The third-order valence-electron chi connectivity index (χ3n) is 6.44. The molecule has 0 aliphatic heterocycles. The van der Waals surface area contributed by atoms with Crippen molar-refractivity contribution >= 4 is 28.3 Å². The van der Waals surface area contributed by atoms with Crippen molar-refractivity contribution in [3.05, 3.63) is 40.7 Å². The van der Waals surface area contributed by atoms with Crippen LogP contribution in [-0.2, 0) is 28.0 Å². The van der Waals surface area contributed by atoms with E-state index in [1.807, 2.05) is 16.8 Å². The number of primary amides is 1. The Morgan fingerprint density at radius 1 is 1.30 bits per heavy atom. The average Bonchev–Trinajstić information content (AvgIpc) is 3.08. The van der Waals surface area contributed by atoms with Crippen LogP contribution in [0, 0.1) is 12.3 Å². The van der Waals surface area contributed by atoms with E-state index in [9.17, 15) is 9.59 Å². The van der Waals surface area contributed by atoms with E-state index in [0.717, 1.165) is 54.7 Å². The van der Waals surface area contributed by atoms with Crippen LogP contribution < -0.4 is 40.6 Å². The molecular weight excluding hydrogens is 507 g/mol. The molecular formula is C25H37N4NaO6S. The standard InChI is InChI=1S/C25H36N4O2.Na.H2O4S/c1-5-21-17(2)23(16-25(3,4)13-14-30)29(28-21)19-11-12-20(24(26)31)22(15-19)27-18-9-7-6-8-10-18;;1-5(2,3)4/h11-12,14-15,18,27H,5-10,13,16H2,1-4H3,(H2,26,31);;(H2,1,2,3,4)/q;+1;/p-1. The second-order valence-electron chi connectivity index (χ2n) is 10.00. The zero-order valence-corrected chi connectivity index (χ0v) is 25.2. The van der Waals surface area contributed by atoms with Gasteiger partial charge in [-0.3, -0.25) is 9.35 Å². The van der Waals surface area contributed by atoms with E-state index in [4.69, 9.17) is 28.4 Å². The van der Waals surface area contributed by atoms with Crippen LogP contribution in [-0.4, -0.2) is 45.5 Å². The topological polar surface area (TPSA) is 167 Å². The van der Waals surface area contributed by atoms with Gasteiger partial charge in [0.2, 0.25) is 10.4 Å². The zero-order chi connectivity index (χ0) is 27.1. The molecule has 0 saturated heterocycles. The van der Waals surface area contributed by atoms with Crippen LogP contribution in [0.4, 0.5) is 5.69 Å². The van der Waals surface area contributed by atoms with E-state index >= 15 is 0 Å². The summed E-state index contributed by atoms with van der Waals surface area (Å²) in [5.41, 5.74) is 11.0. The maximum atomic E-state index is 12.1. The number of aldehydes is 1. The van der Waals surface area contributed by atoms with Crippen LogP contribution in [0.1, 0.15) is 86.6 Å². The van der Waals surface area contributed by atoms with Gasteiger partial charge < -0.3 is 20.4 Å². The first-order chi connectivity index (χ1) is 16.8. The Hall–Kier alpha value is -1.76. The number of carbonyl (C=O) groups is 2. The minimum absolute atomic E-state index is 0. The number of rotatable bonds is 9. The largest absolute Gasteiger partial charge is 1.00 e. The number of carbonyl (C=O) groups excluding carboxylic acids is 2. The minimum Gasteiger partial charge on any atom is -0.726 e. The van der Waals surface area contributed by atoms with Gasteiger partial charge in [0, 0.05) is 23.8 Å². The van der Waals surface area contributed by atoms with Crippen LogP contribution in [0.5, 0.6) is 0 Å². The summed E-state index contributed by atoms with van der Waals surface area (Å²) >= 11 is 0. The van der Waals surface area contributed by atoms with Crippen LogP contribution in [0.2, 0.25) is 0 Å². The number of anilines is 1. The fourth-order valence-electron chi connectivity index (χ4n) is 4.55. The molecule has 1 aliphatic carbocycles. The monoisotopic (exact) mass is 544 g/mol. The van der Waals surface area contributed by atoms with Crippen LogP contribution in [0.15, 0.2) is 18.2 Å². The number of amides is 1. The van der Waals surface area contributed by atoms with Gasteiger partial charge in [0.25, 0.3) is 5.91 Å². The first kappa shape index (κ1) is 33.3. The summed E-state index contributed by atoms with van der Waals surface area (Å²) in [6.45, 7) is 8.42. The third-order valence-corrected chi connectivity index (χ3v) is 6.44. The number of aromatic nitrogens is 2. The molecule has 0 unspecified atom stereocenters. The van der Waals surface area contributed by atoms with Gasteiger partial charge in [0.1, 0.15) is 6.29 Å². The Balaban J connectivity index is 0.00000104. The Labute approximate surface area is 241 Å². The van der Waals surface area contributed by atoms with Gasteiger partial charge in [-0.2, -0.15) is 5.10 Å². The van der Waals surface area contributed by atoms with Gasteiger partial charge >= 0.3 is 29.6 Å². The van der Waals surface area contributed by atoms with Gasteiger partial charge in [0.15, 0.2) is 0 Å². The molecule has 200 valence electrons. The first-order valence-electron chi connectivity index (χ1n) is 12.2. The second-order valence-corrected chi connectivity index (χ2v) is 10.9. The van der Waals surface area contributed by atoms with E-state index in [1.54, 1.807) is 6.07 Å². The van der Waals surface area contributed by atoms with Crippen molar-refractivity contribution in [2.75, 3.05) is 5.32 Å². The van der Waals surface area contributed by atoms with E-state index in [0.29, 0.717) is 18.0 Å². The number of nitrogens with zero attached hydrogens (tertiary/aromatic N) is 2. The average molecular weight is 545 g/mol. The molecule has 4 N–H and O–H groups in total. The molecule has 1 aromatic carbocycles. The van der Waals surface area contributed by atoms with E-state index in [2.05, 4.69) is 33.0 Å². The van der Waals surface area contributed by atoms with Crippen molar-refractivity contribution in [3.8, 4) is 5.69 Å². The van der Waals surface area contributed by atoms with Gasteiger partial charge in [-0.1, -0.05) is 40.0 Å². The molecule has 2 aromatic rings. The van der Waals surface area contributed by atoms with Crippen molar-refractivity contribution in [2.24, 2.45) is 11.1 Å². The number of hydrogen-bond donors (Lipinski definition) is 3. The SMILES string of the molecule is CCc1nn(-c2ccc(C(N)=O)c(NC3CCCCC3)c2)c(CC(C)(C)CC=O)c1C.O=S(=O)([O-])O.[Na+]. The predicted octanol–water partition coefficient (Wildman–Crippen LogP) is 0.753. The molecule has 1 aromatic heterocycles. The summed E-state index contributed by atoms with van der Waals surface area (Å²) < 4.78 is 34.8. The van der Waals surface area contributed by atoms with Crippen molar-refractivity contribution in [1.29, 1.82) is 0 Å². The molecule has 0 bridgehead atoms. The number of nitrogens with one attached hydrogen (secondary N) is 1. The smallest absolute Gasteiger partial charge is 0.726 e. The van der Waals surface area contributed by atoms with Crippen LogP contribution >= 0.6 is 0 Å². The summed E-state index contributed by atoms with van der Waals surface area (Å²) in [5.74, 6) is -0.428. The molecule has 3 rings (SSSR count). The minimum atomic E-state index is -4.92. The summed E-state index contributed by atoms with van der Waals surface area (Å²) in [6.07, 6.45) is 8.96. The summed E-state index contributed by atoms with van der Waals surface area (Å²) in [7, 11) is -4.92. The zero-order valence-electron chi connectivity index (χ0n) is 22.4. The fraction of sp³-hybridized carbons (Fsp3) is 0.560. The Morgan fingerprint density at radius 2 is 1.89 bits per heavy atom. The molecule has 1 fully saturated rings. The molecule has 0 atom stereocenters. The van der Waals surface area contributed by atoms with Crippen LogP contribution in [0.25, 0.3) is 5.69 Å². The van der Waals surface area contributed by atoms with Gasteiger partial charge in [-0.15, -0.1) is 0 Å². The quantitative estimate of drug-likeness (QED) is 0.180. The normalized spacial score (nSPS) is 14.2. The molecule has 1 amide bonds. The fourth-order valence-corrected chi connectivity index (χ4v) is 4.55. The summed E-state index contributed by atoms with van der Waals surface area (Å²) in [6, 6.07) is 6.07. The second kappa shape index (κ2) is 14.4. The van der Waals surface area contributed by atoms with Crippen LogP contribution in [0.3, 0.4) is 0 Å². The maximum Gasteiger partial charge on any atom is 1.00 e. The number of aryl methyl sites for hydroxylation is 1. The molecule has 1 heterocycles. The summed E-state index contributed by atoms with van der Waals surface area (Å²) in [4.78, 5) is 23.2.